The van der Waals surface area contributed by atoms with E-state index in [9.17, 15) is 13.2 Å². The fourth-order valence-corrected chi connectivity index (χ4v) is 3.23. The van der Waals surface area contributed by atoms with Crippen molar-refractivity contribution < 1.29 is 13.2 Å². The molecule has 0 aliphatic rings. The fraction of sp³-hybridized carbons (Fsp3) is 0.235. The van der Waals surface area contributed by atoms with E-state index in [0.717, 1.165) is 11.1 Å². The molecule has 0 aliphatic carbocycles. The van der Waals surface area contributed by atoms with Gasteiger partial charge in [0.15, 0.2) is 0 Å². The zero-order valence-electron chi connectivity index (χ0n) is 13.2. The molecule has 0 bridgehead atoms. The van der Waals surface area contributed by atoms with Gasteiger partial charge in [0.1, 0.15) is 0 Å². The summed E-state index contributed by atoms with van der Waals surface area (Å²) in [5, 5.41) is 2.81. The molecule has 2 aromatic rings. The van der Waals surface area contributed by atoms with Crippen LogP contribution in [0.5, 0.6) is 0 Å². The molecule has 0 saturated heterocycles. The maximum absolute atomic E-state index is 12.3. The monoisotopic (exact) mass is 332 g/mol. The summed E-state index contributed by atoms with van der Waals surface area (Å²) in [4.78, 5) is 12.4. The summed E-state index contributed by atoms with van der Waals surface area (Å²) >= 11 is 0. The number of rotatable bonds is 6. The van der Waals surface area contributed by atoms with Crippen molar-refractivity contribution in [3.63, 3.8) is 0 Å². The molecule has 23 heavy (non-hydrogen) atoms. The Bertz CT molecular complexity index is 787. The lowest BCUT2D eigenvalue weighted by molar-refractivity contribution is 0.0950. The molecular formula is C17H20N2O3S. The Morgan fingerprint density at radius 1 is 1.09 bits per heavy atom. The number of nitrogens with one attached hydrogen (secondary N) is 2. The molecule has 0 heterocycles. The molecule has 0 saturated carbocycles. The van der Waals surface area contributed by atoms with Gasteiger partial charge in [0.2, 0.25) is 10.0 Å². The Morgan fingerprint density at radius 3 is 2.43 bits per heavy atom. The second-order valence-electron chi connectivity index (χ2n) is 5.15. The van der Waals surface area contributed by atoms with E-state index >= 15 is 0 Å². The largest absolute Gasteiger partial charge is 0.348 e. The van der Waals surface area contributed by atoms with Gasteiger partial charge in [-0.15, -0.1) is 0 Å². The van der Waals surface area contributed by atoms with Gasteiger partial charge in [-0.1, -0.05) is 43.3 Å². The van der Waals surface area contributed by atoms with E-state index in [1.807, 2.05) is 30.3 Å². The Balaban J connectivity index is 2.20. The van der Waals surface area contributed by atoms with Crippen LogP contribution in [0.1, 0.15) is 28.4 Å². The number of hydrogen-bond donors (Lipinski definition) is 2. The minimum atomic E-state index is -3.58. The minimum absolute atomic E-state index is 0.0924. The quantitative estimate of drug-likeness (QED) is 0.852. The average molecular weight is 332 g/mol. The van der Waals surface area contributed by atoms with Gasteiger partial charge in [0.25, 0.3) is 5.91 Å². The number of aryl methyl sites for hydroxylation is 1. The molecule has 0 unspecified atom stereocenters. The van der Waals surface area contributed by atoms with E-state index in [1.54, 1.807) is 19.9 Å². The van der Waals surface area contributed by atoms with Crippen LogP contribution in [0.25, 0.3) is 0 Å². The van der Waals surface area contributed by atoms with Crippen LogP contribution in [0, 0.1) is 6.92 Å². The van der Waals surface area contributed by atoms with E-state index < -0.39 is 10.0 Å². The molecular weight excluding hydrogens is 312 g/mol. The summed E-state index contributed by atoms with van der Waals surface area (Å²) < 4.78 is 26.5. The Hall–Kier alpha value is -2.18. The lowest BCUT2D eigenvalue weighted by Gasteiger charge is -2.10. The molecule has 6 heteroatoms. The maximum atomic E-state index is 12.3. The third-order valence-corrected chi connectivity index (χ3v) is 4.94. The van der Waals surface area contributed by atoms with E-state index in [2.05, 4.69) is 10.0 Å². The molecule has 5 nitrogen and oxygen atoms in total. The van der Waals surface area contributed by atoms with Gasteiger partial charge in [-0.2, -0.15) is 0 Å². The van der Waals surface area contributed by atoms with Gasteiger partial charge in [0, 0.05) is 18.7 Å². The molecule has 0 aromatic heterocycles. The maximum Gasteiger partial charge on any atom is 0.251 e. The molecule has 2 N–H and O–H groups in total. The first kappa shape index (κ1) is 17.2. The van der Waals surface area contributed by atoms with Crippen LogP contribution in [-0.4, -0.2) is 20.9 Å². The van der Waals surface area contributed by atoms with Gasteiger partial charge in [-0.05, 0) is 30.2 Å². The Morgan fingerprint density at radius 2 is 1.78 bits per heavy atom. The van der Waals surface area contributed by atoms with E-state index in [0.29, 0.717) is 18.7 Å². The first-order valence-electron chi connectivity index (χ1n) is 7.36. The summed E-state index contributed by atoms with van der Waals surface area (Å²) in [6, 6.07) is 14.1. The van der Waals surface area contributed by atoms with Crippen LogP contribution >= 0.6 is 0 Å². The summed E-state index contributed by atoms with van der Waals surface area (Å²) in [7, 11) is -3.58. The third-order valence-electron chi connectivity index (χ3n) is 3.39. The fourth-order valence-electron chi connectivity index (χ4n) is 2.16. The number of carbonyl (C=O) groups is 1. The molecule has 1 amide bonds. The first-order valence-corrected chi connectivity index (χ1v) is 8.85. The van der Waals surface area contributed by atoms with Crippen LogP contribution in [0.15, 0.2) is 53.4 Å². The van der Waals surface area contributed by atoms with E-state index in [-0.39, 0.29) is 10.8 Å². The average Bonchev–Trinajstić information content (AvgIpc) is 2.53. The predicted octanol–water partition coefficient (Wildman–Crippen LogP) is 2.22. The number of sulfonamides is 1. The van der Waals surface area contributed by atoms with Gasteiger partial charge < -0.3 is 5.32 Å². The summed E-state index contributed by atoms with van der Waals surface area (Å²) in [6.45, 7) is 4.18. The molecule has 2 aromatic carbocycles. The highest BCUT2D eigenvalue weighted by Crippen LogP contribution is 2.16. The molecule has 0 spiro atoms. The van der Waals surface area contributed by atoms with Crippen molar-refractivity contribution in [2.24, 2.45) is 0 Å². The minimum Gasteiger partial charge on any atom is -0.348 e. The lowest BCUT2D eigenvalue weighted by atomic mass is 10.1. The van der Waals surface area contributed by atoms with Crippen LogP contribution < -0.4 is 10.0 Å². The molecule has 2 rings (SSSR count). The highest BCUT2D eigenvalue weighted by molar-refractivity contribution is 7.89. The zero-order valence-corrected chi connectivity index (χ0v) is 14.0. The summed E-state index contributed by atoms with van der Waals surface area (Å²) in [5.41, 5.74) is 2.07. The first-order chi connectivity index (χ1) is 10.9. The highest BCUT2D eigenvalue weighted by Gasteiger charge is 2.17. The van der Waals surface area contributed by atoms with Gasteiger partial charge in [-0.3, -0.25) is 4.79 Å². The highest BCUT2D eigenvalue weighted by atomic mass is 32.2. The van der Waals surface area contributed by atoms with Crippen molar-refractivity contribution in [2.45, 2.75) is 25.3 Å². The third kappa shape index (κ3) is 4.40. The second kappa shape index (κ2) is 7.39. The van der Waals surface area contributed by atoms with Crippen molar-refractivity contribution in [1.82, 2.24) is 10.0 Å². The van der Waals surface area contributed by atoms with Crippen molar-refractivity contribution in [2.75, 3.05) is 6.54 Å². The van der Waals surface area contributed by atoms with E-state index in [4.69, 9.17) is 0 Å². The molecule has 0 aliphatic heterocycles. The van der Waals surface area contributed by atoms with Crippen molar-refractivity contribution in [3.05, 3.63) is 65.2 Å². The molecule has 0 atom stereocenters. The topological polar surface area (TPSA) is 75.3 Å². The van der Waals surface area contributed by atoms with Crippen LogP contribution in [0.4, 0.5) is 0 Å². The van der Waals surface area contributed by atoms with Crippen molar-refractivity contribution in [3.8, 4) is 0 Å². The van der Waals surface area contributed by atoms with Crippen LogP contribution in [-0.2, 0) is 16.6 Å². The summed E-state index contributed by atoms with van der Waals surface area (Å²) in [6.07, 6.45) is 0. The van der Waals surface area contributed by atoms with E-state index in [1.165, 1.54) is 12.1 Å². The molecule has 0 fully saturated rings. The van der Waals surface area contributed by atoms with Crippen LogP contribution in [0.3, 0.4) is 0 Å². The standard InChI is InChI=1S/C17H20N2O3S/c1-3-19-23(21,22)15-10-9-13(2)16(11-15)17(20)18-12-14-7-5-4-6-8-14/h4-11,19H,3,12H2,1-2H3,(H,18,20). The second-order valence-corrected chi connectivity index (χ2v) is 6.91. The number of benzene rings is 2. The zero-order chi connectivity index (χ0) is 16.9. The molecule has 122 valence electrons. The van der Waals surface area contributed by atoms with Gasteiger partial charge >= 0.3 is 0 Å². The summed E-state index contributed by atoms with van der Waals surface area (Å²) in [5.74, 6) is -0.292. The smallest absolute Gasteiger partial charge is 0.251 e. The number of carbonyl (C=O) groups excluding carboxylic acids is 1. The van der Waals surface area contributed by atoms with Crippen molar-refractivity contribution >= 4 is 15.9 Å². The Kier molecular flexibility index (Phi) is 5.52. The van der Waals surface area contributed by atoms with Gasteiger partial charge in [0.05, 0.1) is 4.90 Å². The molecule has 0 radical (unpaired) electrons. The van der Waals surface area contributed by atoms with Gasteiger partial charge in [-0.25, -0.2) is 13.1 Å². The van der Waals surface area contributed by atoms with Crippen LogP contribution in [0.2, 0.25) is 0 Å². The Labute approximate surface area is 136 Å². The number of amides is 1. The SMILES string of the molecule is CCNS(=O)(=O)c1ccc(C)c(C(=O)NCc2ccccc2)c1. The lowest BCUT2D eigenvalue weighted by Crippen LogP contribution is -2.26. The number of hydrogen-bond acceptors (Lipinski definition) is 3. The normalized spacial score (nSPS) is 11.2. The predicted molar refractivity (Wildman–Crippen MR) is 89.7 cm³/mol. The van der Waals surface area contributed by atoms with Crippen molar-refractivity contribution in [1.29, 1.82) is 0 Å².